The molecule has 2 aromatic carbocycles. The molecule has 1 fully saturated rings. The lowest BCUT2D eigenvalue weighted by atomic mass is 10.0. The van der Waals surface area contributed by atoms with Gasteiger partial charge in [0, 0.05) is 31.6 Å². The van der Waals surface area contributed by atoms with E-state index in [9.17, 15) is 14.4 Å². The number of nitrogens with one attached hydrogen (secondary N) is 2. The fraction of sp³-hybridized carbons (Fsp3) is 0.375. The van der Waals surface area contributed by atoms with Gasteiger partial charge in [-0.3, -0.25) is 14.4 Å². The van der Waals surface area contributed by atoms with E-state index in [0.717, 1.165) is 5.56 Å². The van der Waals surface area contributed by atoms with E-state index < -0.39 is 12.0 Å². The maximum absolute atomic E-state index is 12.9. The molecule has 2 atom stereocenters. The van der Waals surface area contributed by atoms with Crippen molar-refractivity contribution in [2.75, 3.05) is 18.4 Å². The molecule has 1 saturated heterocycles. The van der Waals surface area contributed by atoms with Crippen molar-refractivity contribution in [1.29, 1.82) is 0 Å². The van der Waals surface area contributed by atoms with Gasteiger partial charge in [0.15, 0.2) is 0 Å². The summed E-state index contributed by atoms with van der Waals surface area (Å²) in [6, 6.07) is 18.0. The molecule has 158 valence electrons. The number of para-hydroxylation sites is 1. The summed E-state index contributed by atoms with van der Waals surface area (Å²) < 4.78 is 0. The average Bonchev–Trinajstić information content (AvgIpc) is 3.09. The summed E-state index contributed by atoms with van der Waals surface area (Å²) in [7, 11) is 0. The first kappa shape index (κ1) is 21.6. The second-order valence-corrected chi connectivity index (χ2v) is 8.20. The zero-order valence-corrected chi connectivity index (χ0v) is 17.5. The van der Waals surface area contributed by atoms with E-state index in [2.05, 4.69) is 10.6 Å². The van der Waals surface area contributed by atoms with Gasteiger partial charge in [0.25, 0.3) is 0 Å². The van der Waals surface area contributed by atoms with Gasteiger partial charge in [-0.05, 0) is 23.6 Å². The summed E-state index contributed by atoms with van der Waals surface area (Å²) in [4.78, 5) is 39.8. The molecule has 1 heterocycles. The Balaban J connectivity index is 1.69. The van der Waals surface area contributed by atoms with Crippen LogP contribution in [0.1, 0.15) is 25.8 Å². The van der Waals surface area contributed by atoms with Crippen LogP contribution in [0.5, 0.6) is 0 Å². The lowest BCUT2D eigenvalue weighted by molar-refractivity contribution is -0.130. The first-order valence-corrected chi connectivity index (χ1v) is 10.4. The van der Waals surface area contributed by atoms with Crippen molar-refractivity contribution in [3.05, 3.63) is 66.2 Å². The molecule has 0 radical (unpaired) electrons. The standard InChI is InChI=1S/C24H29N3O3/c1-17(2)15-27-16-19(14-22(27)28)23(29)26-21(13-18-9-5-3-6-10-18)24(30)25-20-11-7-4-8-12-20/h3-12,17,19,21H,13-16H2,1-2H3,(H,25,30)(H,26,29). The lowest BCUT2D eigenvalue weighted by Crippen LogP contribution is -2.47. The summed E-state index contributed by atoms with van der Waals surface area (Å²) in [5.74, 6) is -0.616. The monoisotopic (exact) mass is 407 g/mol. The highest BCUT2D eigenvalue weighted by Crippen LogP contribution is 2.20. The number of benzene rings is 2. The molecule has 2 aromatic rings. The zero-order valence-electron chi connectivity index (χ0n) is 17.5. The summed E-state index contributed by atoms with van der Waals surface area (Å²) in [5.41, 5.74) is 1.63. The van der Waals surface area contributed by atoms with Crippen LogP contribution in [0.15, 0.2) is 60.7 Å². The normalized spacial score (nSPS) is 17.1. The number of likely N-dealkylation sites (tertiary alicyclic amines) is 1. The Morgan fingerprint density at radius 3 is 2.30 bits per heavy atom. The topological polar surface area (TPSA) is 78.5 Å². The van der Waals surface area contributed by atoms with Crippen molar-refractivity contribution in [3.8, 4) is 0 Å². The number of hydrogen-bond acceptors (Lipinski definition) is 3. The molecule has 0 aromatic heterocycles. The minimum absolute atomic E-state index is 0.00260. The molecular formula is C24H29N3O3. The quantitative estimate of drug-likeness (QED) is 0.706. The smallest absolute Gasteiger partial charge is 0.247 e. The molecule has 3 rings (SSSR count). The molecular weight excluding hydrogens is 378 g/mol. The van der Waals surface area contributed by atoms with Crippen LogP contribution in [0.2, 0.25) is 0 Å². The number of anilines is 1. The number of nitrogens with zero attached hydrogens (tertiary/aromatic N) is 1. The number of carbonyl (C=O) groups excluding carboxylic acids is 3. The number of hydrogen-bond donors (Lipinski definition) is 2. The molecule has 1 aliphatic rings. The fourth-order valence-corrected chi connectivity index (χ4v) is 3.66. The minimum atomic E-state index is -0.727. The number of rotatable bonds is 8. The molecule has 0 saturated carbocycles. The Bertz CT molecular complexity index is 868. The Morgan fingerprint density at radius 1 is 1.03 bits per heavy atom. The second-order valence-electron chi connectivity index (χ2n) is 8.20. The Labute approximate surface area is 177 Å². The van der Waals surface area contributed by atoms with Gasteiger partial charge in [-0.25, -0.2) is 0 Å². The van der Waals surface area contributed by atoms with E-state index in [0.29, 0.717) is 31.1 Å². The Morgan fingerprint density at radius 2 is 1.67 bits per heavy atom. The molecule has 6 nitrogen and oxygen atoms in total. The predicted octanol–water partition coefficient (Wildman–Crippen LogP) is 2.86. The Kier molecular flexibility index (Phi) is 7.22. The van der Waals surface area contributed by atoms with Crippen LogP contribution in [-0.2, 0) is 20.8 Å². The maximum atomic E-state index is 12.9. The molecule has 0 spiro atoms. The van der Waals surface area contributed by atoms with Gasteiger partial charge in [0.2, 0.25) is 17.7 Å². The van der Waals surface area contributed by atoms with Crippen LogP contribution in [-0.4, -0.2) is 41.8 Å². The van der Waals surface area contributed by atoms with Crippen molar-refractivity contribution in [3.63, 3.8) is 0 Å². The van der Waals surface area contributed by atoms with Crippen LogP contribution < -0.4 is 10.6 Å². The Hall–Kier alpha value is -3.15. The molecule has 6 heteroatoms. The molecule has 30 heavy (non-hydrogen) atoms. The van der Waals surface area contributed by atoms with Crippen LogP contribution in [0.3, 0.4) is 0 Å². The van der Waals surface area contributed by atoms with Gasteiger partial charge in [0.05, 0.1) is 5.92 Å². The third-order valence-corrected chi connectivity index (χ3v) is 5.13. The van der Waals surface area contributed by atoms with E-state index in [-0.39, 0.29) is 24.1 Å². The predicted molar refractivity (Wildman–Crippen MR) is 117 cm³/mol. The van der Waals surface area contributed by atoms with Gasteiger partial charge in [0.1, 0.15) is 6.04 Å². The second kappa shape index (κ2) is 10.1. The van der Waals surface area contributed by atoms with E-state index in [1.165, 1.54) is 0 Å². The van der Waals surface area contributed by atoms with Gasteiger partial charge >= 0.3 is 0 Å². The van der Waals surface area contributed by atoms with E-state index in [1.807, 2.05) is 62.4 Å². The number of amides is 3. The molecule has 0 bridgehead atoms. The summed E-state index contributed by atoms with van der Waals surface area (Å²) in [6.45, 7) is 5.14. The van der Waals surface area contributed by atoms with Gasteiger partial charge in [-0.2, -0.15) is 0 Å². The molecule has 3 amide bonds. The van der Waals surface area contributed by atoms with Gasteiger partial charge < -0.3 is 15.5 Å². The van der Waals surface area contributed by atoms with Crippen LogP contribution in [0.25, 0.3) is 0 Å². The molecule has 1 aliphatic heterocycles. The summed E-state index contributed by atoms with van der Waals surface area (Å²) >= 11 is 0. The molecule has 0 aliphatic carbocycles. The average molecular weight is 408 g/mol. The highest BCUT2D eigenvalue weighted by Gasteiger charge is 2.36. The van der Waals surface area contributed by atoms with Crippen LogP contribution >= 0.6 is 0 Å². The van der Waals surface area contributed by atoms with Crippen LogP contribution in [0, 0.1) is 11.8 Å². The van der Waals surface area contributed by atoms with Crippen LogP contribution in [0.4, 0.5) is 5.69 Å². The van der Waals surface area contributed by atoms with E-state index in [4.69, 9.17) is 0 Å². The highest BCUT2D eigenvalue weighted by atomic mass is 16.2. The zero-order chi connectivity index (χ0) is 21.5. The number of carbonyl (C=O) groups is 3. The van der Waals surface area contributed by atoms with E-state index in [1.54, 1.807) is 17.0 Å². The minimum Gasteiger partial charge on any atom is -0.344 e. The highest BCUT2D eigenvalue weighted by molar-refractivity contribution is 5.98. The third-order valence-electron chi connectivity index (χ3n) is 5.13. The van der Waals surface area contributed by atoms with Crippen molar-refractivity contribution in [2.24, 2.45) is 11.8 Å². The first-order valence-electron chi connectivity index (χ1n) is 10.4. The SMILES string of the molecule is CC(C)CN1CC(C(=O)NC(Cc2ccccc2)C(=O)Nc2ccccc2)CC1=O. The van der Waals surface area contributed by atoms with Crippen molar-refractivity contribution in [2.45, 2.75) is 32.7 Å². The van der Waals surface area contributed by atoms with Gasteiger partial charge in [-0.1, -0.05) is 62.4 Å². The maximum Gasteiger partial charge on any atom is 0.247 e. The molecule has 2 N–H and O–H groups in total. The fourth-order valence-electron chi connectivity index (χ4n) is 3.66. The van der Waals surface area contributed by atoms with Crippen molar-refractivity contribution in [1.82, 2.24) is 10.2 Å². The summed E-state index contributed by atoms with van der Waals surface area (Å²) in [6.07, 6.45) is 0.568. The molecule has 2 unspecified atom stereocenters. The lowest BCUT2D eigenvalue weighted by Gasteiger charge is -2.21. The third kappa shape index (κ3) is 5.92. The first-order chi connectivity index (χ1) is 14.4. The summed E-state index contributed by atoms with van der Waals surface area (Å²) in [5, 5.41) is 5.76. The van der Waals surface area contributed by atoms with Crippen molar-refractivity contribution < 1.29 is 14.4 Å². The van der Waals surface area contributed by atoms with E-state index >= 15 is 0 Å². The largest absolute Gasteiger partial charge is 0.344 e. The van der Waals surface area contributed by atoms with Gasteiger partial charge in [-0.15, -0.1) is 0 Å². The van der Waals surface area contributed by atoms with Crippen molar-refractivity contribution >= 4 is 23.4 Å².